The summed E-state index contributed by atoms with van der Waals surface area (Å²) in [6, 6.07) is 9.02. The van der Waals surface area contributed by atoms with Gasteiger partial charge in [0.25, 0.3) is 0 Å². The van der Waals surface area contributed by atoms with Crippen LogP contribution in [0, 0.1) is 12.7 Å². The van der Waals surface area contributed by atoms with Gasteiger partial charge in [-0.2, -0.15) is 0 Å². The Hall–Kier alpha value is -0.390. The molecule has 0 aromatic heterocycles. The summed E-state index contributed by atoms with van der Waals surface area (Å²) in [5.41, 5.74) is 2.70. The van der Waals surface area contributed by atoms with E-state index in [4.69, 9.17) is 0 Å². The zero-order valence-corrected chi connectivity index (χ0v) is 15.7. The standard InChI is InChI=1S/C15H13Br3FN/c1-8-5-12(17)15(13(18)6-8)20-9(2)11-4-3-10(16)7-14(11)19/h3-7,9,20H,1-2H3. The molecule has 0 aliphatic heterocycles. The molecule has 1 atom stereocenters. The van der Waals surface area contributed by atoms with Crippen LogP contribution in [0.5, 0.6) is 0 Å². The Morgan fingerprint density at radius 3 is 2.20 bits per heavy atom. The average molecular weight is 466 g/mol. The Morgan fingerprint density at radius 1 is 1.05 bits per heavy atom. The lowest BCUT2D eigenvalue weighted by Crippen LogP contribution is -2.09. The number of hydrogen-bond acceptors (Lipinski definition) is 1. The molecule has 5 heteroatoms. The molecule has 0 aliphatic carbocycles. The van der Waals surface area contributed by atoms with Crippen LogP contribution >= 0.6 is 47.8 Å². The van der Waals surface area contributed by atoms with Crippen molar-refractivity contribution >= 4 is 53.5 Å². The Bertz CT molecular complexity index is 620. The lowest BCUT2D eigenvalue weighted by molar-refractivity contribution is 0.599. The smallest absolute Gasteiger partial charge is 0.129 e. The van der Waals surface area contributed by atoms with Crippen LogP contribution in [0.3, 0.4) is 0 Å². The molecule has 1 N–H and O–H groups in total. The summed E-state index contributed by atoms with van der Waals surface area (Å²) in [7, 11) is 0. The van der Waals surface area contributed by atoms with Crippen molar-refractivity contribution in [3.05, 3.63) is 60.7 Å². The summed E-state index contributed by atoms with van der Waals surface area (Å²) in [6.45, 7) is 3.96. The average Bonchev–Trinajstić information content (AvgIpc) is 2.33. The zero-order chi connectivity index (χ0) is 14.9. The van der Waals surface area contributed by atoms with Crippen molar-refractivity contribution in [2.45, 2.75) is 19.9 Å². The van der Waals surface area contributed by atoms with Gasteiger partial charge in [0.15, 0.2) is 0 Å². The van der Waals surface area contributed by atoms with E-state index in [9.17, 15) is 4.39 Å². The molecule has 0 bridgehead atoms. The number of anilines is 1. The number of nitrogens with one attached hydrogen (secondary N) is 1. The first kappa shape index (κ1) is 16.0. The SMILES string of the molecule is Cc1cc(Br)c(NC(C)c2ccc(Br)cc2F)c(Br)c1. The molecule has 2 rings (SSSR count). The van der Waals surface area contributed by atoms with Crippen LogP contribution in [0.4, 0.5) is 10.1 Å². The molecule has 0 saturated carbocycles. The summed E-state index contributed by atoms with van der Waals surface area (Å²) < 4.78 is 16.6. The highest BCUT2D eigenvalue weighted by Crippen LogP contribution is 2.35. The van der Waals surface area contributed by atoms with Crippen LogP contribution in [0.15, 0.2) is 43.7 Å². The quantitative estimate of drug-likeness (QED) is 0.538. The predicted octanol–water partition coefficient (Wildman–Crippen LogP) is 6.59. The van der Waals surface area contributed by atoms with Gasteiger partial charge < -0.3 is 5.32 Å². The summed E-state index contributed by atoms with van der Waals surface area (Å²) in [6.07, 6.45) is 0. The second kappa shape index (κ2) is 6.58. The molecule has 0 radical (unpaired) electrons. The molecule has 0 aliphatic rings. The van der Waals surface area contributed by atoms with Crippen molar-refractivity contribution < 1.29 is 4.39 Å². The Labute approximate surface area is 143 Å². The van der Waals surface area contributed by atoms with Gasteiger partial charge in [0, 0.05) is 19.0 Å². The van der Waals surface area contributed by atoms with Gasteiger partial charge in [-0.1, -0.05) is 22.0 Å². The maximum absolute atomic E-state index is 14.0. The first-order valence-electron chi connectivity index (χ1n) is 6.05. The second-order valence-electron chi connectivity index (χ2n) is 4.64. The van der Waals surface area contributed by atoms with Crippen LogP contribution in [0.25, 0.3) is 0 Å². The first-order valence-corrected chi connectivity index (χ1v) is 8.43. The summed E-state index contributed by atoms with van der Waals surface area (Å²) >= 11 is 10.3. The van der Waals surface area contributed by atoms with Crippen molar-refractivity contribution in [3.8, 4) is 0 Å². The van der Waals surface area contributed by atoms with E-state index in [1.54, 1.807) is 6.07 Å². The fraction of sp³-hybridized carbons (Fsp3) is 0.200. The van der Waals surface area contributed by atoms with Gasteiger partial charge in [-0.05, 0) is 75.5 Å². The van der Waals surface area contributed by atoms with E-state index in [1.165, 1.54) is 6.07 Å². The molecule has 0 saturated heterocycles. The number of aryl methyl sites for hydroxylation is 1. The third kappa shape index (κ3) is 3.62. The highest BCUT2D eigenvalue weighted by atomic mass is 79.9. The molecule has 2 aromatic carbocycles. The minimum atomic E-state index is -0.223. The fourth-order valence-corrected chi connectivity index (χ4v) is 3.96. The van der Waals surface area contributed by atoms with Gasteiger partial charge in [-0.25, -0.2) is 4.39 Å². The molecule has 0 fully saturated rings. The summed E-state index contributed by atoms with van der Waals surface area (Å²) in [4.78, 5) is 0. The van der Waals surface area contributed by atoms with Crippen molar-refractivity contribution in [2.75, 3.05) is 5.32 Å². The number of hydrogen-bond donors (Lipinski definition) is 1. The van der Waals surface area contributed by atoms with Gasteiger partial charge in [0.2, 0.25) is 0 Å². The van der Waals surface area contributed by atoms with E-state index in [1.807, 2.05) is 32.0 Å². The van der Waals surface area contributed by atoms with E-state index >= 15 is 0 Å². The fourth-order valence-electron chi connectivity index (χ4n) is 1.98. The summed E-state index contributed by atoms with van der Waals surface area (Å²) in [5.74, 6) is -0.223. The Kier molecular flexibility index (Phi) is 5.26. The Morgan fingerprint density at radius 2 is 1.65 bits per heavy atom. The first-order chi connectivity index (χ1) is 9.38. The maximum Gasteiger partial charge on any atom is 0.129 e. The van der Waals surface area contributed by atoms with Crippen LogP contribution in [-0.2, 0) is 0 Å². The molecule has 20 heavy (non-hydrogen) atoms. The molecular weight excluding hydrogens is 453 g/mol. The minimum Gasteiger partial charge on any atom is -0.377 e. The van der Waals surface area contributed by atoms with Crippen LogP contribution in [0.1, 0.15) is 24.1 Å². The zero-order valence-electron chi connectivity index (χ0n) is 11.0. The van der Waals surface area contributed by atoms with Gasteiger partial charge in [-0.15, -0.1) is 0 Å². The molecule has 106 valence electrons. The molecule has 0 amide bonds. The highest BCUT2D eigenvalue weighted by Gasteiger charge is 2.14. The number of halogens is 4. The molecule has 1 nitrogen and oxygen atoms in total. The van der Waals surface area contributed by atoms with Crippen molar-refractivity contribution in [1.29, 1.82) is 0 Å². The topological polar surface area (TPSA) is 12.0 Å². The molecular formula is C15H13Br3FN. The van der Waals surface area contributed by atoms with Crippen molar-refractivity contribution in [2.24, 2.45) is 0 Å². The van der Waals surface area contributed by atoms with Gasteiger partial charge >= 0.3 is 0 Å². The van der Waals surface area contributed by atoms with Gasteiger partial charge in [0.05, 0.1) is 11.7 Å². The van der Waals surface area contributed by atoms with Crippen LogP contribution < -0.4 is 5.32 Å². The third-order valence-electron chi connectivity index (χ3n) is 2.98. The van der Waals surface area contributed by atoms with E-state index in [-0.39, 0.29) is 11.9 Å². The van der Waals surface area contributed by atoms with Crippen LogP contribution in [-0.4, -0.2) is 0 Å². The van der Waals surface area contributed by atoms with E-state index < -0.39 is 0 Å². The van der Waals surface area contributed by atoms with Crippen molar-refractivity contribution in [3.63, 3.8) is 0 Å². The molecule has 0 spiro atoms. The minimum absolute atomic E-state index is 0.140. The number of benzene rings is 2. The monoisotopic (exact) mass is 463 g/mol. The summed E-state index contributed by atoms with van der Waals surface area (Å²) in [5, 5.41) is 3.33. The molecule has 0 heterocycles. The lowest BCUT2D eigenvalue weighted by atomic mass is 10.1. The lowest BCUT2D eigenvalue weighted by Gasteiger charge is -2.19. The van der Waals surface area contributed by atoms with Crippen molar-refractivity contribution in [1.82, 2.24) is 0 Å². The largest absolute Gasteiger partial charge is 0.377 e. The van der Waals surface area contributed by atoms with E-state index in [2.05, 4.69) is 53.1 Å². The second-order valence-corrected chi connectivity index (χ2v) is 7.26. The van der Waals surface area contributed by atoms with Crippen LogP contribution in [0.2, 0.25) is 0 Å². The number of rotatable bonds is 3. The Balaban J connectivity index is 2.30. The normalized spacial score (nSPS) is 12.3. The third-order valence-corrected chi connectivity index (χ3v) is 4.72. The maximum atomic E-state index is 14.0. The van der Waals surface area contributed by atoms with E-state index in [0.29, 0.717) is 5.56 Å². The van der Waals surface area contributed by atoms with Gasteiger partial charge in [0.1, 0.15) is 5.82 Å². The van der Waals surface area contributed by atoms with Gasteiger partial charge in [-0.3, -0.25) is 0 Å². The predicted molar refractivity (Wildman–Crippen MR) is 92.7 cm³/mol. The highest BCUT2D eigenvalue weighted by molar-refractivity contribution is 9.11. The molecule has 1 unspecified atom stereocenters. The van der Waals surface area contributed by atoms with E-state index in [0.717, 1.165) is 24.7 Å². The molecule has 2 aromatic rings.